The minimum absolute atomic E-state index is 0.144. The molecule has 0 bridgehead atoms. The fraction of sp³-hybridized carbons (Fsp3) is 0.733. The van der Waals surface area contributed by atoms with Crippen molar-refractivity contribution in [1.29, 1.82) is 0 Å². The molecule has 1 aromatic heterocycles. The van der Waals surface area contributed by atoms with Crippen molar-refractivity contribution in [1.82, 2.24) is 15.3 Å². The average molecular weight is 276 g/mol. The Kier molecular flexibility index (Phi) is 4.05. The van der Waals surface area contributed by atoms with Gasteiger partial charge in [-0.2, -0.15) is 0 Å². The van der Waals surface area contributed by atoms with E-state index in [1.54, 1.807) is 6.33 Å². The molecule has 1 N–H and O–H groups in total. The van der Waals surface area contributed by atoms with Gasteiger partial charge in [0.2, 0.25) is 5.88 Å². The van der Waals surface area contributed by atoms with E-state index in [1.165, 1.54) is 25.8 Å². The average Bonchev–Trinajstić information content (AvgIpc) is 2.46. The van der Waals surface area contributed by atoms with Crippen LogP contribution in [0, 0.1) is 5.92 Å². The molecule has 2 fully saturated rings. The van der Waals surface area contributed by atoms with Gasteiger partial charge in [0.05, 0.1) is 6.10 Å². The van der Waals surface area contributed by atoms with Crippen LogP contribution >= 0.6 is 0 Å². The summed E-state index contributed by atoms with van der Waals surface area (Å²) in [6, 6.07) is 2.67. The molecule has 2 aliphatic rings. The molecule has 0 amide bonds. The van der Waals surface area contributed by atoms with Crippen molar-refractivity contribution in [3.05, 3.63) is 12.4 Å². The molecule has 2 saturated heterocycles. The standard InChI is InChI=1S/C15H24N4O/c1-11(2)20-15-8-14(17-10-18-15)19-7-5-13-12(9-19)4-3-6-16-13/h8,10-13,16H,3-7,9H2,1-2H3. The van der Waals surface area contributed by atoms with E-state index in [-0.39, 0.29) is 6.10 Å². The monoisotopic (exact) mass is 276 g/mol. The maximum atomic E-state index is 5.66. The number of ether oxygens (including phenoxy) is 1. The molecule has 5 heteroatoms. The van der Waals surface area contributed by atoms with Gasteiger partial charge < -0.3 is 15.0 Å². The Morgan fingerprint density at radius 1 is 1.35 bits per heavy atom. The number of anilines is 1. The zero-order valence-electron chi connectivity index (χ0n) is 12.4. The molecule has 0 saturated carbocycles. The Morgan fingerprint density at radius 3 is 3.10 bits per heavy atom. The van der Waals surface area contributed by atoms with Gasteiger partial charge in [0.25, 0.3) is 0 Å². The molecule has 0 aromatic carbocycles. The van der Waals surface area contributed by atoms with Crippen LogP contribution in [0.5, 0.6) is 5.88 Å². The van der Waals surface area contributed by atoms with Crippen LogP contribution < -0.4 is 15.0 Å². The lowest BCUT2D eigenvalue weighted by molar-refractivity contribution is 0.231. The van der Waals surface area contributed by atoms with Gasteiger partial charge in [-0.3, -0.25) is 0 Å². The van der Waals surface area contributed by atoms with Crippen molar-refractivity contribution >= 4 is 5.82 Å². The minimum Gasteiger partial charge on any atom is -0.475 e. The molecule has 0 radical (unpaired) electrons. The van der Waals surface area contributed by atoms with Crippen LogP contribution in [0.15, 0.2) is 12.4 Å². The second-order valence-electron chi connectivity index (χ2n) is 6.08. The van der Waals surface area contributed by atoms with Gasteiger partial charge in [0.15, 0.2) is 0 Å². The third kappa shape index (κ3) is 3.03. The number of fused-ring (bicyclic) bond motifs is 1. The van der Waals surface area contributed by atoms with Crippen LogP contribution in [-0.4, -0.2) is 41.7 Å². The van der Waals surface area contributed by atoms with E-state index in [9.17, 15) is 0 Å². The second-order valence-corrected chi connectivity index (χ2v) is 6.08. The third-order valence-electron chi connectivity index (χ3n) is 4.20. The zero-order valence-corrected chi connectivity index (χ0v) is 12.4. The first-order valence-electron chi connectivity index (χ1n) is 7.69. The summed E-state index contributed by atoms with van der Waals surface area (Å²) in [5.74, 6) is 2.43. The van der Waals surface area contributed by atoms with E-state index in [2.05, 4.69) is 20.2 Å². The van der Waals surface area contributed by atoms with E-state index in [0.29, 0.717) is 11.9 Å². The van der Waals surface area contributed by atoms with Gasteiger partial charge in [-0.15, -0.1) is 0 Å². The van der Waals surface area contributed by atoms with Crippen molar-refractivity contribution < 1.29 is 4.74 Å². The maximum Gasteiger partial charge on any atom is 0.218 e. The van der Waals surface area contributed by atoms with Crippen LogP contribution in [0.1, 0.15) is 33.1 Å². The van der Waals surface area contributed by atoms with Crippen molar-refractivity contribution in [2.75, 3.05) is 24.5 Å². The number of rotatable bonds is 3. The molecule has 0 spiro atoms. The first kappa shape index (κ1) is 13.6. The number of hydrogen-bond acceptors (Lipinski definition) is 5. The molecule has 2 atom stereocenters. The fourth-order valence-corrected chi connectivity index (χ4v) is 3.26. The highest BCUT2D eigenvalue weighted by Gasteiger charge is 2.31. The molecule has 0 aliphatic carbocycles. The van der Waals surface area contributed by atoms with Crippen LogP contribution in [0.25, 0.3) is 0 Å². The van der Waals surface area contributed by atoms with E-state index >= 15 is 0 Å². The van der Waals surface area contributed by atoms with Gasteiger partial charge in [0.1, 0.15) is 12.1 Å². The summed E-state index contributed by atoms with van der Waals surface area (Å²) < 4.78 is 5.66. The van der Waals surface area contributed by atoms with Crippen molar-refractivity contribution in [3.63, 3.8) is 0 Å². The Morgan fingerprint density at radius 2 is 2.25 bits per heavy atom. The van der Waals surface area contributed by atoms with Gasteiger partial charge in [0, 0.05) is 25.2 Å². The zero-order chi connectivity index (χ0) is 13.9. The highest BCUT2D eigenvalue weighted by Crippen LogP contribution is 2.28. The summed E-state index contributed by atoms with van der Waals surface area (Å²) in [7, 11) is 0. The minimum atomic E-state index is 0.144. The smallest absolute Gasteiger partial charge is 0.218 e. The summed E-state index contributed by atoms with van der Waals surface area (Å²) in [6.45, 7) is 7.37. The number of nitrogens with zero attached hydrogens (tertiary/aromatic N) is 3. The fourth-order valence-electron chi connectivity index (χ4n) is 3.26. The summed E-state index contributed by atoms with van der Waals surface area (Å²) >= 11 is 0. The second kappa shape index (κ2) is 5.95. The molecule has 1 aromatic rings. The molecule has 20 heavy (non-hydrogen) atoms. The topological polar surface area (TPSA) is 50.3 Å². The highest BCUT2D eigenvalue weighted by molar-refractivity contribution is 5.41. The van der Waals surface area contributed by atoms with Crippen molar-refractivity contribution in [2.45, 2.75) is 45.3 Å². The van der Waals surface area contributed by atoms with Crippen LogP contribution in [0.4, 0.5) is 5.82 Å². The molecule has 2 unspecified atom stereocenters. The summed E-state index contributed by atoms with van der Waals surface area (Å²) in [6.07, 6.45) is 5.58. The normalized spacial score (nSPS) is 26.4. The SMILES string of the molecule is CC(C)Oc1cc(N2CCC3NCCCC3C2)ncn1. The molecule has 5 nitrogen and oxygen atoms in total. The Hall–Kier alpha value is -1.36. The van der Waals surface area contributed by atoms with Crippen LogP contribution in [-0.2, 0) is 0 Å². The predicted molar refractivity (Wildman–Crippen MR) is 79.1 cm³/mol. The van der Waals surface area contributed by atoms with Crippen LogP contribution in [0.2, 0.25) is 0 Å². The lowest BCUT2D eigenvalue weighted by Crippen LogP contribution is -2.52. The highest BCUT2D eigenvalue weighted by atomic mass is 16.5. The largest absolute Gasteiger partial charge is 0.475 e. The summed E-state index contributed by atoms with van der Waals surface area (Å²) in [5.41, 5.74) is 0. The molecule has 2 aliphatic heterocycles. The van der Waals surface area contributed by atoms with Crippen molar-refractivity contribution in [2.24, 2.45) is 5.92 Å². The molecule has 3 rings (SSSR count). The number of aromatic nitrogens is 2. The van der Waals surface area contributed by atoms with Crippen molar-refractivity contribution in [3.8, 4) is 5.88 Å². The molecule has 3 heterocycles. The Balaban J connectivity index is 1.69. The lowest BCUT2D eigenvalue weighted by Gasteiger charge is -2.42. The molecular formula is C15H24N4O. The number of nitrogens with one attached hydrogen (secondary N) is 1. The van der Waals surface area contributed by atoms with E-state index < -0.39 is 0 Å². The predicted octanol–water partition coefficient (Wildman–Crippen LogP) is 1.84. The third-order valence-corrected chi connectivity index (χ3v) is 4.20. The maximum absolute atomic E-state index is 5.66. The van der Waals surface area contributed by atoms with E-state index in [0.717, 1.165) is 24.8 Å². The lowest BCUT2D eigenvalue weighted by atomic mass is 9.85. The Labute approximate surface area is 120 Å². The summed E-state index contributed by atoms with van der Waals surface area (Å²) in [4.78, 5) is 11.0. The number of piperidine rings is 2. The van der Waals surface area contributed by atoms with Gasteiger partial charge in [-0.1, -0.05) is 0 Å². The first-order valence-corrected chi connectivity index (χ1v) is 7.69. The molecular weight excluding hydrogens is 252 g/mol. The number of hydrogen-bond donors (Lipinski definition) is 1. The van der Waals surface area contributed by atoms with Gasteiger partial charge in [-0.05, 0) is 45.6 Å². The van der Waals surface area contributed by atoms with Gasteiger partial charge >= 0.3 is 0 Å². The first-order chi connectivity index (χ1) is 9.72. The quantitative estimate of drug-likeness (QED) is 0.913. The van der Waals surface area contributed by atoms with Gasteiger partial charge in [-0.25, -0.2) is 9.97 Å². The Bertz CT molecular complexity index is 451. The van der Waals surface area contributed by atoms with E-state index in [4.69, 9.17) is 4.74 Å². The molecule has 110 valence electrons. The summed E-state index contributed by atoms with van der Waals surface area (Å²) in [5, 5.41) is 3.65. The van der Waals surface area contributed by atoms with Crippen LogP contribution in [0.3, 0.4) is 0 Å². The van der Waals surface area contributed by atoms with E-state index in [1.807, 2.05) is 19.9 Å².